The minimum Gasteiger partial charge on any atom is -0.508 e. The van der Waals surface area contributed by atoms with Crippen molar-refractivity contribution in [3.63, 3.8) is 0 Å². The highest BCUT2D eigenvalue weighted by Crippen LogP contribution is 2.19. The van der Waals surface area contributed by atoms with E-state index in [-0.39, 0.29) is 25.2 Å². The Balaban J connectivity index is 1.55. The molecule has 0 aromatic heterocycles. The first-order valence-corrected chi connectivity index (χ1v) is 13.2. The van der Waals surface area contributed by atoms with Gasteiger partial charge >= 0.3 is 5.97 Å². The summed E-state index contributed by atoms with van der Waals surface area (Å²) in [5, 5.41) is 21.0. The number of ether oxygens (including phenoxy) is 3. The first-order chi connectivity index (χ1) is 18.4. The van der Waals surface area contributed by atoms with Crippen molar-refractivity contribution in [3.8, 4) is 17.2 Å². The van der Waals surface area contributed by atoms with Crippen LogP contribution in [0, 0.1) is 0 Å². The fourth-order valence-electron chi connectivity index (χ4n) is 4.17. The van der Waals surface area contributed by atoms with Gasteiger partial charge in [0, 0.05) is 19.1 Å². The molecular formula is C31H39NO6. The number of phenolic OH excluding ortho intramolecular Hbond substituents is 1. The van der Waals surface area contributed by atoms with Crippen molar-refractivity contribution in [2.75, 3.05) is 32.9 Å². The van der Waals surface area contributed by atoms with Crippen LogP contribution in [0.4, 0.5) is 0 Å². The van der Waals surface area contributed by atoms with Gasteiger partial charge in [-0.3, -0.25) is 4.90 Å². The van der Waals surface area contributed by atoms with Gasteiger partial charge in [0.25, 0.3) is 0 Å². The maximum absolute atomic E-state index is 11.5. The number of nitrogens with zero attached hydrogens (tertiary/aromatic N) is 1. The second kappa shape index (κ2) is 15.6. The van der Waals surface area contributed by atoms with Crippen LogP contribution in [0.3, 0.4) is 0 Å². The first-order valence-electron chi connectivity index (χ1n) is 13.2. The number of hydrogen-bond donors (Lipinski definition) is 2. The van der Waals surface area contributed by atoms with Crippen LogP contribution in [-0.4, -0.2) is 66.1 Å². The fraction of sp³-hybridized carbons (Fsp3) is 0.387. The third-order valence-corrected chi connectivity index (χ3v) is 6.35. The Bertz CT molecular complexity index is 1090. The molecule has 0 amide bonds. The molecule has 2 N–H and O–H groups in total. The molecule has 0 radical (unpaired) electrons. The molecule has 3 aromatic carbocycles. The topological polar surface area (TPSA) is 88.5 Å². The van der Waals surface area contributed by atoms with Crippen LogP contribution in [0.15, 0.2) is 78.9 Å². The van der Waals surface area contributed by atoms with Gasteiger partial charge in [0.1, 0.15) is 30.0 Å². The number of aliphatic hydroxyl groups is 1. The van der Waals surface area contributed by atoms with Gasteiger partial charge in [-0.2, -0.15) is 0 Å². The number of rotatable bonds is 16. The molecule has 0 fully saturated rings. The Morgan fingerprint density at radius 3 is 2.29 bits per heavy atom. The average Bonchev–Trinajstić information content (AvgIpc) is 2.93. The van der Waals surface area contributed by atoms with Crippen molar-refractivity contribution < 1.29 is 29.2 Å². The molecule has 2 atom stereocenters. The van der Waals surface area contributed by atoms with E-state index < -0.39 is 6.10 Å². The number of aryl methyl sites for hydroxylation is 1. The predicted octanol–water partition coefficient (Wildman–Crippen LogP) is 4.64. The summed E-state index contributed by atoms with van der Waals surface area (Å²) in [6.45, 7) is 5.51. The van der Waals surface area contributed by atoms with E-state index >= 15 is 0 Å². The van der Waals surface area contributed by atoms with Crippen LogP contribution in [-0.2, 0) is 22.4 Å². The molecule has 0 spiro atoms. The van der Waals surface area contributed by atoms with Gasteiger partial charge in [0.15, 0.2) is 6.61 Å². The molecule has 3 rings (SSSR count). The summed E-state index contributed by atoms with van der Waals surface area (Å²) in [5.74, 6) is 1.26. The van der Waals surface area contributed by atoms with Gasteiger partial charge in [-0.15, -0.1) is 0 Å². The SMILES string of the molecule is CCOC(=O)COc1ccc(CCC(C)N(CCc2ccccc2O)CC(O)COc2ccccc2)cc1. The van der Waals surface area contributed by atoms with Crippen molar-refractivity contribution in [2.45, 2.75) is 45.3 Å². The standard InChI is InChI=1S/C31H39NO6/c1-3-36-31(35)23-38-29-17-15-25(16-18-29)14-13-24(2)32(20-19-26-9-7-8-12-30(26)34)21-27(33)22-37-28-10-5-4-6-11-28/h4-12,15-18,24,27,33-34H,3,13-14,19-23H2,1-2H3. The molecule has 204 valence electrons. The van der Waals surface area contributed by atoms with Crippen LogP contribution in [0.25, 0.3) is 0 Å². The lowest BCUT2D eigenvalue weighted by molar-refractivity contribution is -0.145. The van der Waals surface area contributed by atoms with Crippen LogP contribution < -0.4 is 9.47 Å². The van der Waals surface area contributed by atoms with Gasteiger partial charge < -0.3 is 24.4 Å². The second-order valence-electron chi connectivity index (χ2n) is 9.28. The van der Waals surface area contributed by atoms with Crippen molar-refractivity contribution in [1.82, 2.24) is 4.90 Å². The minimum atomic E-state index is -0.655. The normalized spacial score (nSPS) is 12.6. The van der Waals surface area contributed by atoms with E-state index in [4.69, 9.17) is 14.2 Å². The summed E-state index contributed by atoms with van der Waals surface area (Å²) in [6.07, 6.45) is 1.76. The van der Waals surface area contributed by atoms with Crippen LogP contribution in [0.2, 0.25) is 0 Å². The summed E-state index contributed by atoms with van der Waals surface area (Å²) < 4.78 is 16.1. The van der Waals surface area contributed by atoms with Crippen LogP contribution in [0.1, 0.15) is 31.4 Å². The van der Waals surface area contributed by atoms with Gasteiger partial charge in [-0.1, -0.05) is 48.5 Å². The van der Waals surface area contributed by atoms with E-state index in [9.17, 15) is 15.0 Å². The molecular weight excluding hydrogens is 482 g/mol. The fourth-order valence-corrected chi connectivity index (χ4v) is 4.17. The number of aromatic hydroxyl groups is 1. The van der Waals surface area contributed by atoms with Crippen LogP contribution >= 0.6 is 0 Å². The van der Waals surface area contributed by atoms with Gasteiger partial charge in [0.05, 0.1) is 6.61 Å². The minimum absolute atomic E-state index is 0.105. The quantitative estimate of drug-likeness (QED) is 0.266. The third kappa shape index (κ3) is 10.1. The lowest BCUT2D eigenvalue weighted by Gasteiger charge is -2.31. The highest BCUT2D eigenvalue weighted by Gasteiger charge is 2.19. The number of carbonyl (C=O) groups excluding carboxylic acids is 1. The molecule has 3 aromatic rings. The summed E-state index contributed by atoms with van der Waals surface area (Å²) in [7, 11) is 0. The summed E-state index contributed by atoms with van der Waals surface area (Å²) in [6, 6.07) is 24.8. The largest absolute Gasteiger partial charge is 0.508 e. The molecule has 0 heterocycles. The number of esters is 1. The summed E-state index contributed by atoms with van der Waals surface area (Å²) >= 11 is 0. The van der Waals surface area contributed by atoms with Gasteiger partial charge in [0.2, 0.25) is 0 Å². The van der Waals surface area contributed by atoms with E-state index in [1.54, 1.807) is 13.0 Å². The molecule has 2 unspecified atom stereocenters. The van der Waals surface area contributed by atoms with E-state index in [0.717, 1.165) is 29.7 Å². The van der Waals surface area contributed by atoms with Gasteiger partial charge in [-0.25, -0.2) is 4.79 Å². The molecule has 0 aliphatic heterocycles. The van der Waals surface area contributed by atoms with E-state index in [1.165, 1.54) is 0 Å². The second-order valence-corrected chi connectivity index (χ2v) is 9.28. The molecule has 0 saturated carbocycles. The molecule has 38 heavy (non-hydrogen) atoms. The highest BCUT2D eigenvalue weighted by molar-refractivity contribution is 5.71. The average molecular weight is 522 g/mol. The van der Waals surface area contributed by atoms with Crippen molar-refractivity contribution in [1.29, 1.82) is 0 Å². The Labute approximate surface area is 225 Å². The number of aliphatic hydroxyl groups excluding tert-OH is 1. The van der Waals surface area contributed by atoms with E-state index in [0.29, 0.717) is 37.6 Å². The number of para-hydroxylation sites is 2. The zero-order valence-electron chi connectivity index (χ0n) is 22.3. The van der Waals surface area contributed by atoms with E-state index in [2.05, 4.69) is 11.8 Å². The number of hydrogen-bond acceptors (Lipinski definition) is 7. The van der Waals surface area contributed by atoms with Gasteiger partial charge in [-0.05, 0) is 74.6 Å². The summed E-state index contributed by atoms with van der Waals surface area (Å²) in [5.41, 5.74) is 2.05. The predicted molar refractivity (Wildman–Crippen MR) is 148 cm³/mol. The zero-order chi connectivity index (χ0) is 27.2. The Morgan fingerprint density at radius 2 is 1.58 bits per heavy atom. The first kappa shape index (κ1) is 29.0. The van der Waals surface area contributed by atoms with E-state index in [1.807, 2.05) is 72.8 Å². The molecule has 0 aliphatic rings. The highest BCUT2D eigenvalue weighted by atomic mass is 16.6. The lowest BCUT2D eigenvalue weighted by Crippen LogP contribution is -2.42. The van der Waals surface area contributed by atoms with Crippen molar-refractivity contribution in [3.05, 3.63) is 90.0 Å². The zero-order valence-corrected chi connectivity index (χ0v) is 22.3. The third-order valence-electron chi connectivity index (χ3n) is 6.35. The maximum Gasteiger partial charge on any atom is 0.344 e. The Hall–Kier alpha value is -3.55. The molecule has 7 nitrogen and oxygen atoms in total. The smallest absolute Gasteiger partial charge is 0.344 e. The van der Waals surface area contributed by atoms with Crippen molar-refractivity contribution in [2.24, 2.45) is 0 Å². The van der Waals surface area contributed by atoms with Crippen LogP contribution in [0.5, 0.6) is 17.2 Å². The maximum atomic E-state index is 11.5. The number of benzene rings is 3. The molecule has 0 bridgehead atoms. The Kier molecular flexibility index (Phi) is 11.9. The summed E-state index contributed by atoms with van der Waals surface area (Å²) in [4.78, 5) is 13.7. The van der Waals surface area contributed by atoms with Crippen molar-refractivity contribution >= 4 is 5.97 Å². The molecule has 0 aliphatic carbocycles. The molecule has 0 saturated heterocycles. The lowest BCUT2D eigenvalue weighted by atomic mass is 10.0. The number of phenols is 1. The Morgan fingerprint density at radius 1 is 0.895 bits per heavy atom. The number of carbonyl (C=O) groups is 1. The monoisotopic (exact) mass is 521 g/mol. The molecule has 7 heteroatoms.